The van der Waals surface area contributed by atoms with Crippen LogP contribution in [0, 0.1) is 5.92 Å². The molecule has 0 aliphatic heterocycles. The average Bonchev–Trinajstić information content (AvgIpc) is 2.69. The van der Waals surface area contributed by atoms with E-state index in [-0.39, 0.29) is 18.0 Å². The van der Waals surface area contributed by atoms with Gasteiger partial charge in [0, 0.05) is 24.8 Å². The second-order valence-corrected chi connectivity index (χ2v) is 6.72. The first-order valence-electron chi connectivity index (χ1n) is 7.63. The fraction of sp³-hybridized carbons (Fsp3) is 0.688. The van der Waals surface area contributed by atoms with Gasteiger partial charge in [-0.2, -0.15) is 0 Å². The number of amides is 1. The van der Waals surface area contributed by atoms with Crippen LogP contribution in [0.3, 0.4) is 0 Å². The second kappa shape index (κ2) is 7.50. The van der Waals surface area contributed by atoms with Gasteiger partial charge in [0.2, 0.25) is 0 Å². The number of carbonyl (C=O) groups is 1. The summed E-state index contributed by atoms with van der Waals surface area (Å²) < 4.78 is 1.92. The predicted molar refractivity (Wildman–Crippen MR) is 88.5 cm³/mol. The highest BCUT2D eigenvalue weighted by Gasteiger charge is 2.19. The van der Waals surface area contributed by atoms with Crippen molar-refractivity contribution in [3.05, 3.63) is 18.0 Å². The monoisotopic (exact) mass is 294 g/mol. The minimum atomic E-state index is -0.0482. The number of nitrogen functional groups attached to an aromatic ring is 1. The van der Waals surface area contributed by atoms with E-state index < -0.39 is 0 Å². The number of aromatic nitrogens is 1. The molecule has 1 amide bonds. The van der Waals surface area contributed by atoms with Crippen LogP contribution in [0.15, 0.2) is 12.3 Å². The first-order valence-corrected chi connectivity index (χ1v) is 7.63. The zero-order chi connectivity index (χ0) is 16.2. The smallest absolute Gasteiger partial charge is 0.268 e. The van der Waals surface area contributed by atoms with E-state index in [0.29, 0.717) is 17.3 Å². The van der Waals surface area contributed by atoms with Crippen LogP contribution in [-0.4, -0.2) is 42.1 Å². The summed E-state index contributed by atoms with van der Waals surface area (Å²) in [5, 5.41) is 3.15. The van der Waals surface area contributed by atoms with Crippen molar-refractivity contribution in [1.82, 2.24) is 14.8 Å². The van der Waals surface area contributed by atoms with Gasteiger partial charge in [0.05, 0.1) is 5.69 Å². The second-order valence-electron chi connectivity index (χ2n) is 6.72. The minimum absolute atomic E-state index is 0.0482. The van der Waals surface area contributed by atoms with Gasteiger partial charge < -0.3 is 20.5 Å². The summed E-state index contributed by atoms with van der Waals surface area (Å²) in [5.74, 6) is 0.491. The van der Waals surface area contributed by atoms with E-state index in [0.717, 1.165) is 13.0 Å². The lowest BCUT2D eigenvalue weighted by Crippen LogP contribution is -2.43. The van der Waals surface area contributed by atoms with E-state index in [2.05, 4.69) is 24.1 Å². The third kappa shape index (κ3) is 5.42. The lowest BCUT2D eigenvalue weighted by atomic mass is 10.0. The Morgan fingerprint density at radius 1 is 1.33 bits per heavy atom. The molecular formula is C16H30N4O. The Balaban J connectivity index is 2.86. The summed E-state index contributed by atoms with van der Waals surface area (Å²) in [6, 6.07) is 2.10. The number of hydrogen-bond acceptors (Lipinski definition) is 3. The quantitative estimate of drug-likeness (QED) is 0.811. The zero-order valence-electron chi connectivity index (χ0n) is 14.2. The molecule has 0 spiro atoms. The fourth-order valence-electron chi connectivity index (χ4n) is 2.56. The number of carbonyl (C=O) groups excluding carboxylic acids is 1. The summed E-state index contributed by atoms with van der Waals surface area (Å²) >= 11 is 0. The summed E-state index contributed by atoms with van der Waals surface area (Å²) in [5.41, 5.74) is 7.10. The number of nitrogens with one attached hydrogen (secondary N) is 1. The summed E-state index contributed by atoms with van der Waals surface area (Å²) in [6.45, 7) is 9.26. The van der Waals surface area contributed by atoms with Gasteiger partial charge in [-0.1, -0.05) is 13.8 Å². The lowest BCUT2D eigenvalue weighted by molar-refractivity contribution is 0.0913. The van der Waals surface area contributed by atoms with Crippen molar-refractivity contribution < 1.29 is 4.79 Å². The van der Waals surface area contributed by atoms with Gasteiger partial charge in [0.25, 0.3) is 5.91 Å². The molecule has 5 heteroatoms. The van der Waals surface area contributed by atoms with Gasteiger partial charge in [-0.25, -0.2) is 0 Å². The maximum atomic E-state index is 12.6. The third-order valence-electron chi connectivity index (χ3n) is 3.34. The molecule has 0 radical (unpaired) electrons. The van der Waals surface area contributed by atoms with Crippen molar-refractivity contribution in [2.45, 2.75) is 46.2 Å². The van der Waals surface area contributed by atoms with Crippen LogP contribution < -0.4 is 11.1 Å². The van der Waals surface area contributed by atoms with Gasteiger partial charge in [-0.05, 0) is 46.3 Å². The predicted octanol–water partition coefficient (Wildman–Crippen LogP) is 2.36. The molecule has 1 atom stereocenters. The number of nitrogens with two attached hydrogens (primary N) is 1. The first-order chi connectivity index (χ1) is 9.70. The normalized spacial score (nSPS) is 13.2. The molecule has 0 aromatic carbocycles. The molecule has 0 saturated heterocycles. The Bertz CT molecular complexity index is 453. The summed E-state index contributed by atoms with van der Waals surface area (Å²) in [4.78, 5) is 14.7. The molecule has 1 rings (SSSR count). The standard InChI is InChI=1S/C16H30N4O/c1-11(2)7-14(10-19(5)6)18-16(21)15-8-13(17)9-20(15)12(3)4/h8-9,11-12,14H,7,10,17H2,1-6H3,(H,18,21). The maximum Gasteiger partial charge on any atom is 0.268 e. The van der Waals surface area contributed by atoms with Gasteiger partial charge in [0.1, 0.15) is 5.69 Å². The van der Waals surface area contributed by atoms with Crippen LogP contribution >= 0.6 is 0 Å². The lowest BCUT2D eigenvalue weighted by Gasteiger charge is -2.24. The molecular weight excluding hydrogens is 264 g/mol. The highest BCUT2D eigenvalue weighted by molar-refractivity contribution is 5.94. The van der Waals surface area contributed by atoms with Crippen LogP contribution in [0.2, 0.25) is 0 Å². The molecule has 0 aliphatic carbocycles. The average molecular weight is 294 g/mol. The van der Waals surface area contributed by atoms with Crippen molar-refractivity contribution in [2.75, 3.05) is 26.4 Å². The van der Waals surface area contributed by atoms with E-state index >= 15 is 0 Å². The Kier molecular flexibility index (Phi) is 6.27. The number of nitrogens with zero attached hydrogens (tertiary/aromatic N) is 2. The minimum Gasteiger partial charge on any atom is -0.397 e. The molecule has 1 unspecified atom stereocenters. The Morgan fingerprint density at radius 2 is 1.95 bits per heavy atom. The Labute approximate surface area is 128 Å². The van der Waals surface area contributed by atoms with E-state index in [9.17, 15) is 4.79 Å². The van der Waals surface area contributed by atoms with Gasteiger partial charge in [0.15, 0.2) is 0 Å². The molecule has 1 aromatic rings. The van der Waals surface area contributed by atoms with Crippen LogP contribution in [0.1, 0.15) is 50.6 Å². The number of hydrogen-bond donors (Lipinski definition) is 2. The van der Waals surface area contributed by atoms with Crippen LogP contribution in [-0.2, 0) is 0 Å². The highest BCUT2D eigenvalue weighted by Crippen LogP contribution is 2.17. The van der Waals surface area contributed by atoms with E-state index in [1.807, 2.05) is 38.7 Å². The van der Waals surface area contributed by atoms with Gasteiger partial charge in [-0.3, -0.25) is 4.79 Å². The van der Waals surface area contributed by atoms with Crippen molar-refractivity contribution in [2.24, 2.45) is 5.92 Å². The van der Waals surface area contributed by atoms with Crippen molar-refractivity contribution in [3.63, 3.8) is 0 Å². The van der Waals surface area contributed by atoms with E-state index in [4.69, 9.17) is 5.73 Å². The first kappa shape index (κ1) is 17.6. The molecule has 1 aromatic heterocycles. The van der Waals surface area contributed by atoms with Crippen LogP contribution in [0.25, 0.3) is 0 Å². The van der Waals surface area contributed by atoms with Gasteiger partial charge >= 0.3 is 0 Å². The number of rotatable bonds is 7. The van der Waals surface area contributed by atoms with Crippen molar-refractivity contribution in [1.29, 1.82) is 0 Å². The van der Waals surface area contributed by atoms with Crippen molar-refractivity contribution >= 4 is 11.6 Å². The largest absolute Gasteiger partial charge is 0.397 e. The Morgan fingerprint density at radius 3 is 2.43 bits per heavy atom. The number of anilines is 1. The van der Waals surface area contributed by atoms with Crippen molar-refractivity contribution in [3.8, 4) is 0 Å². The molecule has 120 valence electrons. The van der Waals surface area contributed by atoms with Crippen LogP contribution in [0.4, 0.5) is 5.69 Å². The molecule has 0 bridgehead atoms. The van der Waals surface area contributed by atoms with E-state index in [1.54, 1.807) is 6.07 Å². The molecule has 0 saturated carbocycles. The molecule has 5 nitrogen and oxygen atoms in total. The summed E-state index contributed by atoms with van der Waals surface area (Å²) in [7, 11) is 4.04. The summed E-state index contributed by atoms with van der Waals surface area (Å²) in [6.07, 6.45) is 2.78. The van der Waals surface area contributed by atoms with Crippen LogP contribution in [0.5, 0.6) is 0 Å². The SMILES string of the molecule is CC(C)CC(CN(C)C)NC(=O)c1cc(N)cn1C(C)C. The fourth-order valence-corrected chi connectivity index (χ4v) is 2.56. The van der Waals surface area contributed by atoms with Gasteiger partial charge in [-0.15, -0.1) is 0 Å². The third-order valence-corrected chi connectivity index (χ3v) is 3.34. The topological polar surface area (TPSA) is 63.3 Å². The molecule has 0 fully saturated rings. The number of likely N-dealkylation sites (N-methyl/N-ethyl adjacent to an activating group) is 1. The molecule has 0 aliphatic rings. The Hall–Kier alpha value is -1.49. The molecule has 1 heterocycles. The van der Waals surface area contributed by atoms with E-state index in [1.165, 1.54) is 0 Å². The highest BCUT2D eigenvalue weighted by atomic mass is 16.2. The zero-order valence-corrected chi connectivity index (χ0v) is 14.2. The maximum absolute atomic E-state index is 12.6. The molecule has 3 N–H and O–H groups in total. The molecule has 21 heavy (non-hydrogen) atoms.